The van der Waals surface area contributed by atoms with Crippen LogP contribution in [0.1, 0.15) is 31.9 Å². The molecule has 1 N–H and O–H groups in total. The molecular formula is C30H36ClN3O5S. The number of hydrogen-bond acceptors (Lipinski definition) is 5. The molecule has 0 fully saturated rings. The van der Waals surface area contributed by atoms with Crippen molar-refractivity contribution in [1.29, 1.82) is 0 Å². The Hall–Kier alpha value is -3.56. The Morgan fingerprint density at radius 1 is 0.975 bits per heavy atom. The molecular weight excluding hydrogens is 550 g/mol. The van der Waals surface area contributed by atoms with Gasteiger partial charge in [0.15, 0.2) is 0 Å². The highest BCUT2D eigenvalue weighted by molar-refractivity contribution is 7.92. The first kappa shape index (κ1) is 31.0. The second-order valence-corrected chi connectivity index (χ2v) is 12.1. The number of hydrogen-bond donors (Lipinski definition) is 1. The summed E-state index contributed by atoms with van der Waals surface area (Å²) in [4.78, 5) is 28.4. The predicted molar refractivity (Wildman–Crippen MR) is 158 cm³/mol. The van der Waals surface area contributed by atoms with E-state index < -0.39 is 28.5 Å². The number of anilines is 1. The fraction of sp³-hybridized carbons (Fsp3) is 0.333. The number of sulfonamides is 1. The Morgan fingerprint density at radius 3 is 2.23 bits per heavy atom. The van der Waals surface area contributed by atoms with E-state index in [1.54, 1.807) is 31.2 Å². The fourth-order valence-electron chi connectivity index (χ4n) is 4.18. The lowest BCUT2D eigenvalue weighted by molar-refractivity contribution is -0.139. The van der Waals surface area contributed by atoms with E-state index in [2.05, 4.69) is 5.32 Å². The average Bonchev–Trinajstić information content (AvgIpc) is 2.92. The molecule has 1 atom stereocenters. The molecule has 3 aromatic carbocycles. The van der Waals surface area contributed by atoms with Crippen molar-refractivity contribution in [1.82, 2.24) is 10.2 Å². The second kappa shape index (κ2) is 13.7. The van der Waals surface area contributed by atoms with E-state index in [0.717, 1.165) is 15.4 Å². The van der Waals surface area contributed by atoms with Crippen molar-refractivity contribution in [3.63, 3.8) is 0 Å². The van der Waals surface area contributed by atoms with Gasteiger partial charge in [0.05, 0.1) is 17.7 Å². The Bertz CT molecular complexity index is 1410. The molecule has 0 aliphatic heterocycles. The summed E-state index contributed by atoms with van der Waals surface area (Å²) in [7, 11) is -2.82. The SMILES string of the molecule is COc1ccc(Cl)cc1N(CC(=O)N(CCc1ccccc1)C(C)C(=O)NC(C)C)S(=O)(=O)c1ccc(C)cc1. The first-order chi connectivity index (χ1) is 18.9. The van der Waals surface area contributed by atoms with Gasteiger partial charge in [-0.15, -0.1) is 0 Å². The molecule has 0 spiro atoms. The summed E-state index contributed by atoms with van der Waals surface area (Å²) in [6.45, 7) is 6.80. The molecule has 10 heteroatoms. The fourth-order valence-corrected chi connectivity index (χ4v) is 5.77. The number of carbonyl (C=O) groups excluding carboxylic acids is 2. The Kier molecular flexibility index (Phi) is 10.6. The largest absolute Gasteiger partial charge is 0.495 e. The molecule has 0 aromatic heterocycles. The van der Waals surface area contributed by atoms with Crippen molar-refractivity contribution in [2.75, 3.05) is 24.5 Å². The van der Waals surface area contributed by atoms with Gasteiger partial charge in [-0.3, -0.25) is 13.9 Å². The highest BCUT2D eigenvalue weighted by Crippen LogP contribution is 2.35. The van der Waals surface area contributed by atoms with Gasteiger partial charge in [0, 0.05) is 17.6 Å². The summed E-state index contributed by atoms with van der Waals surface area (Å²) < 4.78 is 34.4. The van der Waals surface area contributed by atoms with Crippen LogP contribution in [-0.4, -0.2) is 57.4 Å². The maximum absolute atomic E-state index is 14.0. The van der Waals surface area contributed by atoms with E-state index in [1.807, 2.05) is 51.1 Å². The summed E-state index contributed by atoms with van der Waals surface area (Å²) in [5.41, 5.74) is 1.99. The molecule has 0 aliphatic carbocycles. The van der Waals surface area contributed by atoms with Crippen LogP contribution in [0.25, 0.3) is 0 Å². The minimum absolute atomic E-state index is 0.00867. The van der Waals surface area contributed by atoms with E-state index in [-0.39, 0.29) is 39.8 Å². The van der Waals surface area contributed by atoms with Gasteiger partial charge in [0.25, 0.3) is 10.0 Å². The zero-order valence-electron chi connectivity index (χ0n) is 23.4. The molecule has 0 saturated heterocycles. The van der Waals surface area contributed by atoms with E-state index in [0.29, 0.717) is 6.42 Å². The molecule has 214 valence electrons. The number of nitrogens with one attached hydrogen (secondary N) is 1. The van der Waals surface area contributed by atoms with Gasteiger partial charge in [-0.25, -0.2) is 8.42 Å². The molecule has 0 bridgehead atoms. The highest BCUT2D eigenvalue weighted by Gasteiger charge is 2.34. The number of aryl methyl sites for hydroxylation is 1. The number of benzene rings is 3. The smallest absolute Gasteiger partial charge is 0.264 e. The van der Waals surface area contributed by atoms with Gasteiger partial charge >= 0.3 is 0 Å². The monoisotopic (exact) mass is 585 g/mol. The maximum Gasteiger partial charge on any atom is 0.264 e. The first-order valence-corrected chi connectivity index (χ1v) is 14.8. The minimum Gasteiger partial charge on any atom is -0.495 e. The maximum atomic E-state index is 14.0. The third kappa shape index (κ3) is 7.76. The number of halogens is 1. The van der Waals surface area contributed by atoms with E-state index in [1.165, 1.54) is 30.2 Å². The van der Waals surface area contributed by atoms with Gasteiger partial charge < -0.3 is 15.0 Å². The summed E-state index contributed by atoms with van der Waals surface area (Å²) >= 11 is 6.27. The van der Waals surface area contributed by atoms with Gasteiger partial charge in [0.1, 0.15) is 18.3 Å². The lowest BCUT2D eigenvalue weighted by Crippen LogP contribution is -2.53. The molecule has 2 amide bonds. The van der Waals surface area contributed by atoms with Crippen molar-refractivity contribution in [3.05, 3.63) is 88.9 Å². The summed E-state index contributed by atoms with van der Waals surface area (Å²) in [6, 6.07) is 19.5. The van der Waals surface area contributed by atoms with Crippen LogP contribution in [0, 0.1) is 6.92 Å². The van der Waals surface area contributed by atoms with Crippen molar-refractivity contribution in [2.45, 2.75) is 51.1 Å². The van der Waals surface area contributed by atoms with Crippen LogP contribution < -0.4 is 14.4 Å². The molecule has 8 nitrogen and oxygen atoms in total. The quantitative estimate of drug-likeness (QED) is 0.328. The van der Waals surface area contributed by atoms with Crippen molar-refractivity contribution in [3.8, 4) is 5.75 Å². The van der Waals surface area contributed by atoms with Crippen molar-refractivity contribution in [2.24, 2.45) is 0 Å². The third-order valence-corrected chi connectivity index (χ3v) is 8.39. The standard InChI is InChI=1S/C30H36ClN3O5S/c1-21(2)32-30(36)23(4)33(18-17-24-9-7-6-8-10-24)29(35)20-34(27-19-25(31)13-16-28(27)39-5)40(37,38)26-14-11-22(3)12-15-26/h6-16,19,21,23H,17-18,20H2,1-5H3,(H,32,36). The Balaban J connectivity index is 2.05. The summed E-state index contributed by atoms with van der Waals surface area (Å²) in [6.07, 6.45) is 0.483. The van der Waals surface area contributed by atoms with E-state index >= 15 is 0 Å². The highest BCUT2D eigenvalue weighted by atomic mass is 35.5. The molecule has 1 unspecified atom stereocenters. The number of carbonyl (C=O) groups is 2. The van der Waals surface area contributed by atoms with Crippen LogP contribution in [0.3, 0.4) is 0 Å². The van der Waals surface area contributed by atoms with Crippen molar-refractivity contribution >= 4 is 39.1 Å². The van der Waals surface area contributed by atoms with Crippen molar-refractivity contribution < 1.29 is 22.7 Å². The Morgan fingerprint density at radius 2 is 1.62 bits per heavy atom. The molecule has 0 saturated carbocycles. The Labute approximate surface area is 241 Å². The summed E-state index contributed by atoms with van der Waals surface area (Å²) in [5, 5.41) is 3.12. The molecule has 3 rings (SSSR count). The van der Waals surface area contributed by atoms with Crippen LogP contribution in [0.4, 0.5) is 5.69 Å². The lowest BCUT2D eigenvalue weighted by atomic mass is 10.1. The van der Waals surface area contributed by atoms with Crippen LogP contribution >= 0.6 is 11.6 Å². The third-order valence-electron chi connectivity index (χ3n) is 6.38. The van der Waals surface area contributed by atoms with Gasteiger partial charge in [-0.05, 0) is 70.0 Å². The number of nitrogens with zero attached hydrogens (tertiary/aromatic N) is 2. The predicted octanol–water partition coefficient (Wildman–Crippen LogP) is 4.84. The second-order valence-electron chi connectivity index (χ2n) is 9.80. The summed E-state index contributed by atoms with van der Waals surface area (Å²) in [5.74, 6) is -0.640. The molecule has 0 aliphatic rings. The zero-order valence-corrected chi connectivity index (χ0v) is 25.0. The normalized spacial score (nSPS) is 12.1. The van der Waals surface area contributed by atoms with Crippen LogP contribution in [0.15, 0.2) is 77.7 Å². The van der Waals surface area contributed by atoms with Crippen LogP contribution in [0.5, 0.6) is 5.75 Å². The number of rotatable bonds is 12. The lowest BCUT2D eigenvalue weighted by Gasteiger charge is -2.32. The zero-order chi connectivity index (χ0) is 29.4. The molecule has 3 aromatic rings. The average molecular weight is 586 g/mol. The van der Waals surface area contributed by atoms with E-state index in [9.17, 15) is 18.0 Å². The first-order valence-electron chi connectivity index (χ1n) is 13.0. The molecule has 0 heterocycles. The van der Waals surface area contributed by atoms with Gasteiger partial charge in [-0.1, -0.05) is 59.6 Å². The van der Waals surface area contributed by atoms with Crippen LogP contribution in [-0.2, 0) is 26.0 Å². The number of amides is 2. The number of ether oxygens (including phenoxy) is 1. The molecule has 0 radical (unpaired) electrons. The van der Waals surface area contributed by atoms with Crippen LogP contribution in [0.2, 0.25) is 5.02 Å². The minimum atomic E-state index is -4.23. The topological polar surface area (TPSA) is 96.0 Å². The van der Waals surface area contributed by atoms with Gasteiger partial charge in [0.2, 0.25) is 11.8 Å². The van der Waals surface area contributed by atoms with Gasteiger partial charge in [-0.2, -0.15) is 0 Å². The number of methoxy groups -OCH3 is 1. The molecule has 40 heavy (non-hydrogen) atoms. The van der Waals surface area contributed by atoms with E-state index in [4.69, 9.17) is 16.3 Å².